The minimum Gasteiger partial charge on any atom is -0.394 e. The van der Waals surface area contributed by atoms with Crippen LogP contribution in [0.1, 0.15) is 11.3 Å². The second kappa shape index (κ2) is 4.82. The number of nitrogen functional groups attached to an aromatic ring is 1. The molecule has 0 aliphatic rings. The lowest BCUT2D eigenvalue weighted by molar-refractivity contribution is 0.593. The average Bonchev–Trinajstić information content (AvgIpc) is 2.70. The predicted octanol–water partition coefficient (Wildman–Crippen LogP) is 1.11. The summed E-state index contributed by atoms with van der Waals surface area (Å²) in [7, 11) is -4.16. The third kappa shape index (κ3) is 2.28. The molecular weight excluding hydrogens is 285 g/mol. The molecule has 7 nitrogen and oxygen atoms in total. The van der Waals surface area contributed by atoms with Gasteiger partial charge >= 0.3 is 0 Å². The molecule has 0 amide bonds. The third-order valence-electron chi connectivity index (χ3n) is 2.60. The molecule has 4 N–H and O–H groups in total. The molecule has 0 atom stereocenters. The van der Waals surface area contributed by atoms with Crippen molar-refractivity contribution in [3.63, 3.8) is 0 Å². The van der Waals surface area contributed by atoms with E-state index in [9.17, 15) is 12.8 Å². The van der Waals surface area contributed by atoms with Gasteiger partial charge in [-0.1, -0.05) is 6.07 Å². The monoisotopic (exact) mass is 295 g/mol. The van der Waals surface area contributed by atoms with Gasteiger partial charge in [-0.3, -0.25) is 9.82 Å². The summed E-state index contributed by atoms with van der Waals surface area (Å²) in [5, 5.41) is 15.1. The number of nitrogens with one attached hydrogen (secondary N) is 2. The summed E-state index contributed by atoms with van der Waals surface area (Å²) in [6.07, 6.45) is 0. The molecule has 20 heavy (non-hydrogen) atoms. The highest BCUT2D eigenvalue weighted by Gasteiger charge is 2.23. The lowest BCUT2D eigenvalue weighted by Crippen LogP contribution is -2.16. The van der Waals surface area contributed by atoms with Gasteiger partial charge in [-0.25, -0.2) is 12.8 Å². The Morgan fingerprint density at radius 1 is 1.50 bits per heavy atom. The summed E-state index contributed by atoms with van der Waals surface area (Å²) in [4.78, 5) is -0.472. The molecular formula is C11H10FN5O2S. The van der Waals surface area contributed by atoms with Crippen molar-refractivity contribution < 1.29 is 12.8 Å². The van der Waals surface area contributed by atoms with Crippen LogP contribution in [0.2, 0.25) is 0 Å². The lowest BCUT2D eigenvalue weighted by Gasteiger charge is -2.08. The number of nitriles is 1. The van der Waals surface area contributed by atoms with Gasteiger partial charge in [0.05, 0.1) is 11.4 Å². The molecule has 2 aromatic rings. The number of aromatic nitrogens is 2. The molecule has 0 unspecified atom stereocenters. The van der Waals surface area contributed by atoms with E-state index in [1.165, 1.54) is 12.1 Å². The number of nitrogens with two attached hydrogens (primary N) is 1. The highest BCUT2D eigenvalue weighted by molar-refractivity contribution is 7.92. The van der Waals surface area contributed by atoms with Crippen molar-refractivity contribution in [1.29, 1.82) is 5.26 Å². The van der Waals surface area contributed by atoms with E-state index in [1.54, 1.807) is 6.92 Å². The first-order chi connectivity index (χ1) is 9.36. The summed E-state index contributed by atoms with van der Waals surface area (Å²) in [6, 6.07) is 4.85. The Hall–Kier alpha value is -2.60. The van der Waals surface area contributed by atoms with Gasteiger partial charge in [0.1, 0.15) is 22.3 Å². The van der Waals surface area contributed by atoms with Gasteiger partial charge in [0.25, 0.3) is 10.0 Å². The van der Waals surface area contributed by atoms with Crippen LogP contribution in [-0.2, 0) is 10.0 Å². The summed E-state index contributed by atoms with van der Waals surface area (Å²) in [6.45, 7) is 1.61. The fourth-order valence-electron chi connectivity index (χ4n) is 1.53. The number of benzene rings is 1. The fraction of sp³-hybridized carbons (Fsp3) is 0.0909. The summed E-state index contributed by atoms with van der Waals surface area (Å²) in [5.41, 5.74) is 5.68. The number of hydrogen-bond donors (Lipinski definition) is 3. The van der Waals surface area contributed by atoms with E-state index in [1.807, 2.05) is 0 Å². The Kier molecular flexibility index (Phi) is 3.33. The second-order valence-corrected chi connectivity index (χ2v) is 5.59. The number of hydrogen-bond acceptors (Lipinski definition) is 5. The van der Waals surface area contributed by atoms with Crippen molar-refractivity contribution in [2.24, 2.45) is 0 Å². The topological polar surface area (TPSA) is 125 Å². The molecule has 0 aliphatic heterocycles. The average molecular weight is 295 g/mol. The van der Waals surface area contributed by atoms with Crippen molar-refractivity contribution in [2.45, 2.75) is 11.8 Å². The molecule has 1 heterocycles. The first-order valence-electron chi connectivity index (χ1n) is 5.38. The van der Waals surface area contributed by atoms with Gasteiger partial charge in [-0.15, -0.1) is 0 Å². The highest BCUT2D eigenvalue weighted by Crippen LogP contribution is 2.24. The van der Waals surface area contributed by atoms with Crippen molar-refractivity contribution in [1.82, 2.24) is 10.2 Å². The molecule has 0 fully saturated rings. The van der Waals surface area contributed by atoms with E-state index in [0.717, 1.165) is 12.1 Å². The largest absolute Gasteiger partial charge is 0.394 e. The maximum atomic E-state index is 13.4. The smallest absolute Gasteiger partial charge is 0.264 e. The van der Waals surface area contributed by atoms with Crippen LogP contribution in [0.3, 0.4) is 0 Å². The van der Waals surface area contributed by atoms with E-state index in [-0.39, 0.29) is 11.5 Å². The molecule has 9 heteroatoms. The van der Waals surface area contributed by atoms with Gasteiger partial charge < -0.3 is 5.73 Å². The Morgan fingerprint density at radius 3 is 2.75 bits per heavy atom. The zero-order valence-corrected chi connectivity index (χ0v) is 11.1. The van der Waals surface area contributed by atoms with Crippen LogP contribution in [0.5, 0.6) is 0 Å². The molecule has 0 radical (unpaired) electrons. The normalized spacial score (nSPS) is 11.1. The first-order valence-corrected chi connectivity index (χ1v) is 6.87. The molecule has 2 rings (SSSR count). The number of nitrogens with zero attached hydrogens (tertiary/aromatic N) is 2. The van der Waals surface area contributed by atoms with E-state index in [0.29, 0.717) is 5.69 Å². The number of aromatic amines is 1. The van der Waals surface area contributed by atoms with Gasteiger partial charge in [-0.05, 0) is 19.1 Å². The number of rotatable bonds is 3. The minimum atomic E-state index is -4.16. The standard InChI is InChI=1S/C11H10FN5O2S/c1-6-10(14)11(16-15-6)17-20(18,19)9-4-2-3-8(12)7(9)5-13/h2-4H,14H2,1H3,(H2,15,16,17). The molecule has 0 saturated carbocycles. The zero-order chi connectivity index (χ0) is 14.9. The van der Waals surface area contributed by atoms with Crippen LogP contribution in [0.15, 0.2) is 23.1 Å². The van der Waals surface area contributed by atoms with E-state index < -0.39 is 26.3 Å². The molecule has 0 bridgehead atoms. The second-order valence-electron chi connectivity index (χ2n) is 3.94. The van der Waals surface area contributed by atoms with Gasteiger partial charge in [-0.2, -0.15) is 10.4 Å². The number of halogens is 1. The van der Waals surface area contributed by atoms with Crippen LogP contribution in [0, 0.1) is 24.1 Å². The van der Waals surface area contributed by atoms with E-state index in [2.05, 4.69) is 14.9 Å². The highest BCUT2D eigenvalue weighted by atomic mass is 32.2. The summed E-state index contributed by atoms with van der Waals surface area (Å²) in [5.74, 6) is -1.02. The molecule has 0 saturated heterocycles. The van der Waals surface area contributed by atoms with E-state index in [4.69, 9.17) is 11.0 Å². The number of aryl methyl sites for hydroxylation is 1. The van der Waals surface area contributed by atoms with Crippen molar-refractivity contribution in [3.05, 3.63) is 35.3 Å². The van der Waals surface area contributed by atoms with Crippen LogP contribution in [0.4, 0.5) is 15.9 Å². The predicted molar refractivity (Wildman–Crippen MR) is 69.7 cm³/mol. The molecule has 104 valence electrons. The molecule has 0 aliphatic carbocycles. The van der Waals surface area contributed by atoms with Crippen LogP contribution in [0.25, 0.3) is 0 Å². The van der Waals surface area contributed by atoms with Crippen LogP contribution in [-0.4, -0.2) is 18.6 Å². The van der Waals surface area contributed by atoms with Crippen LogP contribution < -0.4 is 10.5 Å². The fourth-order valence-corrected chi connectivity index (χ4v) is 2.72. The van der Waals surface area contributed by atoms with Crippen LogP contribution >= 0.6 is 0 Å². The summed E-state index contributed by atoms with van der Waals surface area (Å²) < 4.78 is 39.9. The van der Waals surface area contributed by atoms with Crippen molar-refractivity contribution in [2.75, 3.05) is 10.5 Å². The third-order valence-corrected chi connectivity index (χ3v) is 3.98. The molecule has 1 aromatic heterocycles. The van der Waals surface area contributed by atoms with Crippen molar-refractivity contribution >= 4 is 21.5 Å². The Morgan fingerprint density at radius 2 is 2.20 bits per heavy atom. The van der Waals surface area contributed by atoms with Gasteiger partial charge in [0.15, 0.2) is 5.82 Å². The van der Waals surface area contributed by atoms with Gasteiger partial charge in [0, 0.05) is 0 Å². The Bertz CT molecular complexity index is 807. The van der Waals surface area contributed by atoms with Gasteiger partial charge in [0.2, 0.25) is 0 Å². The Balaban J connectivity index is 2.50. The lowest BCUT2D eigenvalue weighted by atomic mass is 10.2. The minimum absolute atomic E-state index is 0.101. The first kappa shape index (κ1) is 13.8. The zero-order valence-electron chi connectivity index (χ0n) is 10.3. The Labute approximate surface area is 114 Å². The molecule has 0 spiro atoms. The van der Waals surface area contributed by atoms with Crippen molar-refractivity contribution in [3.8, 4) is 6.07 Å². The summed E-state index contributed by atoms with van der Waals surface area (Å²) >= 11 is 0. The maximum absolute atomic E-state index is 13.4. The SMILES string of the molecule is Cc1[nH]nc(NS(=O)(=O)c2cccc(F)c2C#N)c1N. The molecule has 1 aromatic carbocycles. The quantitative estimate of drug-likeness (QED) is 0.782. The number of anilines is 2. The number of sulfonamides is 1. The maximum Gasteiger partial charge on any atom is 0.264 e. The van der Waals surface area contributed by atoms with E-state index >= 15 is 0 Å². The number of H-pyrrole nitrogens is 1.